The minimum atomic E-state index is -0.0427. The van der Waals surface area contributed by atoms with Gasteiger partial charge in [-0.15, -0.1) is 0 Å². The minimum absolute atomic E-state index is 0.0427. The molecular formula is C24H31ClN4. The Kier molecular flexibility index (Phi) is 5.10. The molecule has 0 bridgehead atoms. The lowest BCUT2D eigenvalue weighted by atomic mass is 9.90. The van der Waals surface area contributed by atoms with E-state index in [1.165, 1.54) is 6.42 Å². The van der Waals surface area contributed by atoms with Crippen LogP contribution in [0.3, 0.4) is 0 Å². The number of benzene rings is 1. The van der Waals surface area contributed by atoms with Gasteiger partial charge < -0.3 is 4.90 Å². The van der Waals surface area contributed by atoms with Crippen molar-refractivity contribution in [3.8, 4) is 11.1 Å². The van der Waals surface area contributed by atoms with Crippen molar-refractivity contribution >= 4 is 23.1 Å². The molecule has 154 valence electrons. The zero-order valence-corrected chi connectivity index (χ0v) is 19.1. The smallest absolute Gasteiger partial charge is 0.165 e. The molecule has 1 aliphatic heterocycles. The summed E-state index contributed by atoms with van der Waals surface area (Å²) in [6.45, 7) is 15.6. The lowest BCUT2D eigenvalue weighted by molar-refractivity contribution is 0.354. The second kappa shape index (κ2) is 7.32. The highest BCUT2D eigenvalue weighted by molar-refractivity contribution is 6.30. The average Bonchev–Trinajstić information content (AvgIpc) is 2.96. The minimum Gasteiger partial charge on any atom is -0.356 e. The lowest BCUT2D eigenvalue weighted by Gasteiger charge is -2.37. The van der Waals surface area contributed by atoms with Crippen LogP contribution in [0.25, 0.3) is 16.8 Å². The molecule has 4 nitrogen and oxygen atoms in total. The van der Waals surface area contributed by atoms with Gasteiger partial charge in [-0.25, -0.2) is 4.98 Å². The molecule has 0 amide bonds. The summed E-state index contributed by atoms with van der Waals surface area (Å²) in [5.74, 6) is 2.50. The SMILES string of the molecule is Cc1nn2c(N3CC(C)CC(C)C3)cc(C(C)(C)C)nc2c1-c1ccc(Cl)cc1. The molecule has 3 aromatic rings. The molecule has 1 aromatic carbocycles. The molecule has 1 fully saturated rings. The fraction of sp³-hybridized carbons (Fsp3) is 0.500. The number of halogens is 1. The van der Waals surface area contributed by atoms with E-state index in [4.69, 9.17) is 21.7 Å². The number of hydrogen-bond acceptors (Lipinski definition) is 3. The number of nitrogens with zero attached hydrogens (tertiary/aromatic N) is 4. The molecule has 1 aliphatic rings. The van der Waals surface area contributed by atoms with Gasteiger partial charge in [0.15, 0.2) is 5.65 Å². The van der Waals surface area contributed by atoms with Crippen molar-refractivity contribution in [3.63, 3.8) is 0 Å². The number of anilines is 1. The molecule has 0 N–H and O–H groups in total. The summed E-state index contributed by atoms with van der Waals surface area (Å²) in [4.78, 5) is 7.60. The Balaban J connectivity index is 1.96. The zero-order chi connectivity index (χ0) is 20.9. The van der Waals surface area contributed by atoms with E-state index in [0.717, 1.165) is 52.1 Å². The summed E-state index contributed by atoms with van der Waals surface area (Å²) < 4.78 is 2.05. The Morgan fingerprint density at radius 3 is 2.24 bits per heavy atom. The van der Waals surface area contributed by atoms with Crippen molar-refractivity contribution in [1.82, 2.24) is 14.6 Å². The quantitative estimate of drug-likeness (QED) is 0.508. The molecule has 0 spiro atoms. The molecule has 5 heteroatoms. The van der Waals surface area contributed by atoms with Crippen LogP contribution in [0.15, 0.2) is 30.3 Å². The average molecular weight is 411 g/mol. The van der Waals surface area contributed by atoms with Gasteiger partial charge in [0.2, 0.25) is 0 Å². The van der Waals surface area contributed by atoms with Crippen LogP contribution in [0.5, 0.6) is 0 Å². The Hall–Kier alpha value is -2.07. The molecular weight excluding hydrogens is 380 g/mol. The van der Waals surface area contributed by atoms with Crippen LogP contribution in [0.2, 0.25) is 5.02 Å². The van der Waals surface area contributed by atoms with Gasteiger partial charge in [0.1, 0.15) is 5.82 Å². The van der Waals surface area contributed by atoms with Gasteiger partial charge in [-0.2, -0.15) is 9.61 Å². The molecule has 0 saturated carbocycles. The lowest BCUT2D eigenvalue weighted by Crippen LogP contribution is -2.40. The molecule has 2 aromatic heterocycles. The first-order chi connectivity index (χ1) is 13.6. The predicted molar refractivity (Wildman–Crippen MR) is 122 cm³/mol. The maximum atomic E-state index is 6.13. The first-order valence-corrected chi connectivity index (χ1v) is 10.9. The highest BCUT2D eigenvalue weighted by Crippen LogP contribution is 2.35. The summed E-state index contributed by atoms with van der Waals surface area (Å²) in [5.41, 5.74) is 5.17. The standard InChI is InChI=1S/C24H31ClN4/c1-15-11-16(2)14-28(13-15)21-12-20(24(4,5)6)26-23-22(17(3)27-29(21)23)18-7-9-19(25)10-8-18/h7-10,12,15-16H,11,13-14H2,1-6H3. The summed E-state index contributed by atoms with van der Waals surface area (Å²) in [7, 11) is 0. The van der Waals surface area contributed by atoms with Gasteiger partial charge in [0.05, 0.1) is 11.4 Å². The highest BCUT2D eigenvalue weighted by atomic mass is 35.5. The Morgan fingerprint density at radius 1 is 1.03 bits per heavy atom. The summed E-state index contributed by atoms with van der Waals surface area (Å²) in [6.07, 6.45) is 1.28. The topological polar surface area (TPSA) is 33.4 Å². The second-order valence-corrected chi connectivity index (χ2v) is 10.2. The summed E-state index contributed by atoms with van der Waals surface area (Å²) in [5, 5.41) is 5.68. The Morgan fingerprint density at radius 2 is 1.66 bits per heavy atom. The second-order valence-electron chi connectivity index (χ2n) is 9.80. The molecule has 2 atom stereocenters. The van der Waals surface area contributed by atoms with Crippen LogP contribution in [-0.4, -0.2) is 27.7 Å². The third-order valence-corrected chi connectivity index (χ3v) is 6.09. The van der Waals surface area contributed by atoms with Crippen LogP contribution in [0.4, 0.5) is 5.82 Å². The first-order valence-electron chi connectivity index (χ1n) is 10.5. The molecule has 29 heavy (non-hydrogen) atoms. The fourth-order valence-electron chi connectivity index (χ4n) is 4.52. The van der Waals surface area contributed by atoms with Gasteiger partial charge in [-0.3, -0.25) is 0 Å². The molecule has 0 radical (unpaired) electrons. The van der Waals surface area contributed by atoms with Gasteiger partial charge in [0.25, 0.3) is 0 Å². The van der Waals surface area contributed by atoms with Crippen molar-refractivity contribution < 1.29 is 0 Å². The molecule has 2 unspecified atom stereocenters. The van der Waals surface area contributed by atoms with E-state index in [1.807, 2.05) is 12.1 Å². The maximum Gasteiger partial charge on any atom is 0.165 e. The number of piperidine rings is 1. The number of fused-ring (bicyclic) bond motifs is 1. The van der Waals surface area contributed by atoms with E-state index < -0.39 is 0 Å². The third kappa shape index (κ3) is 3.87. The fourth-order valence-corrected chi connectivity index (χ4v) is 4.65. The first kappa shape index (κ1) is 20.2. The van der Waals surface area contributed by atoms with Crippen LogP contribution in [0.1, 0.15) is 52.4 Å². The van der Waals surface area contributed by atoms with Crippen molar-refractivity contribution in [3.05, 3.63) is 46.7 Å². The molecule has 0 aliphatic carbocycles. The number of aromatic nitrogens is 3. The third-order valence-electron chi connectivity index (χ3n) is 5.84. The van der Waals surface area contributed by atoms with Gasteiger partial charge >= 0.3 is 0 Å². The van der Waals surface area contributed by atoms with E-state index in [0.29, 0.717) is 11.8 Å². The van der Waals surface area contributed by atoms with Gasteiger partial charge in [-0.1, -0.05) is 58.4 Å². The van der Waals surface area contributed by atoms with Crippen molar-refractivity contribution in [1.29, 1.82) is 0 Å². The Bertz CT molecular complexity index is 1020. The zero-order valence-electron chi connectivity index (χ0n) is 18.3. The maximum absolute atomic E-state index is 6.13. The van der Waals surface area contributed by atoms with Gasteiger partial charge in [0, 0.05) is 35.2 Å². The van der Waals surface area contributed by atoms with Crippen molar-refractivity contribution in [2.45, 2.75) is 53.4 Å². The molecule has 4 rings (SSSR count). The highest BCUT2D eigenvalue weighted by Gasteiger charge is 2.28. The Labute approximate surface area is 178 Å². The van der Waals surface area contributed by atoms with Crippen LogP contribution < -0.4 is 4.90 Å². The van der Waals surface area contributed by atoms with Crippen molar-refractivity contribution in [2.24, 2.45) is 11.8 Å². The summed E-state index contributed by atoms with van der Waals surface area (Å²) >= 11 is 6.13. The number of aryl methyl sites for hydroxylation is 1. The van der Waals surface area contributed by atoms with E-state index in [9.17, 15) is 0 Å². The van der Waals surface area contributed by atoms with Crippen LogP contribution in [0, 0.1) is 18.8 Å². The number of hydrogen-bond donors (Lipinski definition) is 0. The van der Waals surface area contributed by atoms with Gasteiger partial charge in [-0.05, 0) is 42.9 Å². The summed E-state index contributed by atoms with van der Waals surface area (Å²) in [6, 6.07) is 10.2. The van der Waals surface area contributed by atoms with Crippen LogP contribution in [-0.2, 0) is 5.41 Å². The largest absolute Gasteiger partial charge is 0.356 e. The van der Waals surface area contributed by atoms with Crippen molar-refractivity contribution in [2.75, 3.05) is 18.0 Å². The predicted octanol–water partition coefficient (Wildman–Crippen LogP) is 6.14. The van der Waals surface area contributed by atoms with Crippen LogP contribution >= 0.6 is 11.6 Å². The monoisotopic (exact) mass is 410 g/mol. The molecule has 3 heterocycles. The van der Waals surface area contributed by atoms with E-state index in [2.05, 4.69) is 69.2 Å². The van der Waals surface area contributed by atoms with E-state index in [1.54, 1.807) is 0 Å². The van der Waals surface area contributed by atoms with E-state index in [-0.39, 0.29) is 5.41 Å². The van der Waals surface area contributed by atoms with E-state index >= 15 is 0 Å². The molecule has 1 saturated heterocycles. The normalized spacial score (nSPS) is 20.4. The number of rotatable bonds is 2.